The van der Waals surface area contributed by atoms with Crippen LogP contribution in [-0.4, -0.2) is 4.98 Å². The number of nitrogens with one attached hydrogen (secondary N) is 1. The van der Waals surface area contributed by atoms with Gasteiger partial charge < -0.3 is 10.7 Å². The summed E-state index contributed by atoms with van der Waals surface area (Å²) in [4.78, 5) is 3.23. The first kappa shape index (κ1) is 10.7. The van der Waals surface area contributed by atoms with Crippen LogP contribution in [0.1, 0.15) is 18.1 Å². The highest BCUT2D eigenvalue weighted by Crippen LogP contribution is 2.23. The minimum absolute atomic E-state index is 0.565. The Kier molecular flexibility index (Phi) is 2.93. The number of hydrogen-bond acceptors (Lipinski definition) is 1. The van der Waals surface area contributed by atoms with Crippen molar-refractivity contribution < 1.29 is 0 Å². The standard InChI is InChI=1S/C14H16N2/c1-3-4-10(2)11-5-6-13-12(8-15)9-16-14(13)7-11/h3-7,9,16H,2,8,15H2,1H3/b4-3-. The Morgan fingerprint density at radius 3 is 3.00 bits per heavy atom. The van der Waals surface area contributed by atoms with Gasteiger partial charge in [-0.1, -0.05) is 30.9 Å². The highest BCUT2D eigenvalue weighted by Gasteiger charge is 2.03. The van der Waals surface area contributed by atoms with E-state index in [0.29, 0.717) is 6.54 Å². The summed E-state index contributed by atoms with van der Waals surface area (Å²) in [6.45, 7) is 6.58. The number of allylic oxidation sites excluding steroid dienone is 3. The molecule has 2 aromatic rings. The molecule has 1 heterocycles. The number of H-pyrrole nitrogens is 1. The SMILES string of the molecule is C=C(/C=C\C)c1ccc2c(CN)c[nH]c2c1. The van der Waals surface area contributed by atoms with Gasteiger partial charge in [-0.25, -0.2) is 0 Å². The van der Waals surface area contributed by atoms with E-state index in [1.807, 2.05) is 25.3 Å². The molecule has 0 unspecified atom stereocenters. The van der Waals surface area contributed by atoms with Crippen LogP contribution in [0.2, 0.25) is 0 Å². The number of aromatic amines is 1. The van der Waals surface area contributed by atoms with Gasteiger partial charge in [0, 0.05) is 23.6 Å². The van der Waals surface area contributed by atoms with Crippen LogP contribution in [0.4, 0.5) is 0 Å². The summed E-state index contributed by atoms with van der Waals surface area (Å²) in [5.74, 6) is 0. The summed E-state index contributed by atoms with van der Waals surface area (Å²) in [5, 5.41) is 1.19. The second-order valence-corrected chi connectivity index (χ2v) is 3.80. The van der Waals surface area contributed by atoms with Crippen molar-refractivity contribution in [2.24, 2.45) is 5.73 Å². The van der Waals surface area contributed by atoms with E-state index in [1.165, 1.54) is 5.39 Å². The van der Waals surface area contributed by atoms with E-state index in [1.54, 1.807) is 0 Å². The highest BCUT2D eigenvalue weighted by molar-refractivity contribution is 5.87. The molecule has 0 aliphatic rings. The van der Waals surface area contributed by atoms with Crippen molar-refractivity contribution >= 4 is 16.5 Å². The quantitative estimate of drug-likeness (QED) is 0.754. The molecule has 0 aliphatic carbocycles. The third-order valence-corrected chi connectivity index (χ3v) is 2.73. The molecule has 2 rings (SSSR count). The molecular formula is C14H16N2. The van der Waals surface area contributed by atoms with E-state index in [0.717, 1.165) is 22.2 Å². The van der Waals surface area contributed by atoms with Gasteiger partial charge in [0.05, 0.1) is 0 Å². The van der Waals surface area contributed by atoms with Gasteiger partial charge >= 0.3 is 0 Å². The normalized spacial score (nSPS) is 11.4. The van der Waals surface area contributed by atoms with E-state index in [-0.39, 0.29) is 0 Å². The smallest absolute Gasteiger partial charge is 0.0463 e. The fourth-order valence-corrected chi connectivity index (χ4v) is 1.85. The molecule has 0 bridgehead atoms. The molecule has 0 aliphatic heterocycles. The number of aromatic nitrogens is 1. The number of rotatable bonds is 3. The van der Waals surface area contributed by atoms with Gasteiger partial charge in [-0.3, -0.25) is 0 Å². The Hall–Kier alpha value is -1.80. The van der Waals surface area contributed by atoms with E-state index in [2.05, 4.69) is 29.8 Å². The Morgan fingerprint density at radius 2 is 2.31 bits per heavy atom. The molecular weight excluding hydrogens is 196 g/mol. The third-order valence-electron chi connectivity index (χ3n) is 2.73. The predicted molar refractivity (Wildman–Crippen MR) is 70.0 cm³/mol. The Morgan fingerprint density at radius 1 is 1.50 bits per heavy atom. The molecule has 2 heteroatoms. The molecule has 0 fully saturated rings. The molecule has 0 atom stereocenters. The van der Waals surface area contributed by atoms with Crippen LogP contribution in [0.15, 0.2) is 43.1 Å². The highest BCUT2D eigenvalue weighted by atomic mass is 14.7. The summed E-state index contributed by atoms with van der Waals surface area (Å²) < 4.78 is 0. The van der Waals surface area contributed by atoms with Gasteiger partial charge in [0.25, 0.3) is 0 Å². The van der Waals surface area contributed by atoms with Crippen LogP contribution in [0.3, 0.4) is 0 Å². The molecule has 0 saturated carbocycles. The topological polar surface area (TPSA) is 41.8 Å². The van der Waals surface area contributed by atoms with E-state index >= 15 is 0 Å². The zero-order valence-electron chi connectivity index (χ0n) is 9.46. The summed E-state index contributed by atoms with van der Waals surface area (Å²) in [7, 11) is 0. The fourth-order valence-electron chi connectivity index (χ4n) is 1.85. The Balaban J connectivity index is 2.49. The van der Waals surface area contributed by atoms with E-state index in [9.17, 15) is 0 Å². The maximum Gasteiger partial charge on any atom is 0.0463 e. The van der Waals surface area contributed by atoms with Crippen molar-refractivity contribution in [3.63, 3.8) is 0 Å². The molecule has 1 aromatic carbocycles. The van der Waals surface area contributed by atoms with Crippen LogP contribution in [0, 0.1) is 0 Å². The molecule has 0 saturated heterocycles. The third kappa shape index (κ3) is 1.79. The molecule has 2 nitrogen and oxygen atoms in total. The first-order valence-electron chi connectivity index (χ1n) is 5.38. The van der Waals surface area contributed by atoms with Crippen molar-refractivity contribution in [2.75, 3.05) is 0 Å². The lowest BCUT2D eigenvalue weighted by molar-refractivity contribution is 1.08. The number of hydrogen-bond donors (Lipinski definition) is 2. The minimum atomic E-state index is 0.565. The van der Waals surface area contributed by atoms with E-state index in [4.69, 9.17) is 5.73 Å². The molecule has 16 heavy (non-hydrogen) atoms. The van der Waals surface area contributed by atoms with Crippen molar-refractivity contribution in [2.45, 2.75) is 13.5 Å². The monoisotopic (exact) mass is 212 g/mol. The second kappa shape index (κ2) is 4.37. The summed E-state index contributed by atoms with van der Waals surface area (Å²) in [6.07, 6.45) is 5.97. The van der Waals surface area contributed by atoms with Crippen LogP contribution >= 0.6 is 0 Å². The largest absolute Gasteiger partial charge is 0.361 e. The first-order chi connectivity index (χ1) is 7.76. The van der Waals surface area contributed by atoms with Crippen LogP contribution in [-0.2, 0) is 6.54 Å². The van der Waals surface area contributed by atoms with Gasteiger partial charge in [-0.15, -0.1) is 0 Å². The van der Waals surface area contributed by atoms with Crippen LogP contribution in [0.5, 0.6) is 0 Å². The molecule has 82 valence electrons. The van der Waals surface area contributed by atoms with Gasteiger partial charge in [0.2, 0.25) is 0 Å². The van der Waals surface area contributed by atoms with Crippen LogP contribution in [0.25, 0.3) is 16.5 Å². The van der Waals surface area contributed by atoms with Crippen molar-refractivity contribution in [1.82, 2.24) is 4.98 Å². The number of nitrogens with two attached hydrogens (primary N) is 1. The van der Waals surface area contributed by atoms with Gasteiger partial charge in [0.1, 0.15) is 0 Å². The average Bonchev–Trinajstić information content (AvgIpc) is 2.71. The Bertz CT molecular complexity index is 547. The fraction of sp³-hybridized carbons (Fsp3) is 0.143. The molecule has 0 radical (unpaired) electrons. The summed E-state index contributed by atoms with van der Waals surface area (Å²) in [6, 6.07) is 6.28. The first-order valence-corrected chi connectivity index (χ1v) is 5.38. The van der Waals surface area contributed by atoms with Crippen molar-refractivity contribution in [1.29, 1.82) is 0 Å². The lowest BCUT2D eigenvalue weighted by Crippen LogP contribution is -1.93. The van der Waals surface area contributed by atoms with Crippen molar-refractivity contribution in [3.8, 4) is 0 Å². The maximum atomic E-state index is 5.66. The minimum Gasteiger partial charge on any atom is -0.361 e. The van der Waals surface area contributed by atoms with Crippen molar-refractivity contribution in [3.05, 3.63) is 54.3 Å². The molecule has 3 N–H and O–H groups in total. The van der Waals surface area contributed by atoms with E-state index < -0.39 is 0 Å². The summed E-state index contributed by atoms with van der Waals surface area (Å²) >= 11 is 0. The lowest BCUT2D eigenvalue weighted by atomic mass is 10.0. The molecule has 0 amide bonds. The average molecular weight is 212 g/mol. The molecule has 1 aromatic heterocycles. The number of fused-ring (bicyclic) bond motifs is 1. The van der Waals surface area contributed by atoms with Gasteiger partial charge in [-0.2, -0.15) is 0 Å². The Labute approximate surface area is 95.5 Å². The summed E-state index contributed by atoms with van der Waals surface area (Å²) in [5.41, 5.74) is 10.1. The zero-order valence-corrected chi connectivity index (χ0v) is 9.46. The van der Waals surface area contributed by atoms with Crippen LogP contribution < -0.4 is 5.73 Å². The lowest BCUT2D eigenvalue weighted by Gasteiger charge is -2.01. The zero-order chi connectivity index (χ0) is 11.5. The second-order valence-electron chi connectivity index (χ2n) is 3.80. The number of benzene rings is 1. The van der Waals surface area contributed by atoms with Gasteiger partial charge in [-0.05, 0) is 29.7 Å². The maximum absolute atomic E-state index is 5.66. The van der Waals surface area contributed by atoms with Gasteiger partial charge in [0.15, 0.2) is 0 Å². The molecule has 0 spiro atoms. The predicted octanol–water partition coefficient (Wildman–Crippen LogP) is 3.22.